The molecule has 0 radical (unpaired) electrons. The summed E-state index contributed by atoms with van der Waals surface area (Å²) in [5, 5.41) is 70.6. The monoisotopic (exact) mass is 594 g/mol. The zero-order valence-electron chi connectivity index (χ0n) is 23.7. The lowest BCUT2D eigenvalue weighted by atomic mass is 9.83. The van der Waals surface area contributed by atoms with Gasteiger partial charge in [-0.3, -0.25) is 0 Å². The van der Waals surface area contributed by atoms with E-state index in [0.717, 1.165) is 0 Å². The molecule has 13 atom stereocenters. The number of ether oxygens (including phenoxy) is 4. The Bertz CT molecular complexity index is 828. The Labute approximate surface area is 240 Å². The smallest absolute Gasteiger partial charge is 0.215 e. The average molecular weight is 595 g/mol. The van der Waals surface area contributed by atoms with Gasteiger partial charge in [0.15, 0.2) is 6.29 Å². The molecule has 41 heavy (non-hydrogen) atoms. The van der Waals surface area contributed by atoms with Crippen LogP contribution in [0.15, 0.2) is 11.8 Å². The van der Waals surface area contributed by atoms with Crippen molar-refractivity contribution in [2.75, 3.05) is 46.4 Å². The highest BCUT2D eigenvalue weighted by Gasteiger charge is 2.51. The lowest BCUT2D eigenvalue weighted by molar-refractivity contribution is -0.304. The van der Waals surface area contributed by atoms with Gasteiger partial charge in [0.05, 0.1) is 44.1 Å². The molecule has 2 heterocycles. The van der Waals surface area contributed by atoms with Crippen molar-refractivity contribution >= 4 is 0 Å². The van der Waals surface area contributed by atoms with Crippen molar-refractivity contribution in [3.05, 3.63) is 11.8 Å². The van der Waals surface area contributed by atoms with E-state index < -0.39 is 79.0 Å². The van der Waals surface area contributed by atoms with Gasteiger partial charge in [-0.15, -0.1) is 0 Å². The van der Waals surface area contributed by atoms with Crippen LogP contribution in [0.2, 0.25) is 0 Å². The Hall–Kier alpha value is -1.06. The van der Waals surface area contributed by atoms with Gasteiger partial charge in [0.1, 0.15) is 35.8 Å². The van der Waals surface area contributed by atoms with Crippen LogP contribution < -0.4 is 33.2 Å². The van der Waals surface area contributed by atoms with Gasteiger partial charge in [-0.1, -0.05) is 0 Å². The summed E-state index contributed by atoms with van der Waals surface area (Å²) in [4.78, 5) is 0. The summed E-state index contributed by atoms with van der Waals surface area (Å²) in [7, 11) is 1.60. The topological polar surface area (TPSA) is 272 Å². The lowest BCUT2D eigenvalue weighted by Crippen LogP contribution is -2.69. The molecule has 1 saturated heterocycles. The zero-order chi connectivity index (χ0) is 30.3. The minimum absolute atomic E-state index is 0.0234. The van der Waals surface area contributed by atoms with Gasteiger partial charge < -0.3 is 82.7 Å². The Morgan fingerprint density at radius 3 is 2.44 bits per heavy atom. The number of hydrogen-bond donors (Lipinski definition) is 12. The third-order valence-electron chi connectivity index (χ3n) is 7.75. The van der Waals surface area contributed by atoms with Gasteiger partial charge >= 0.3 is 0 Å². The molecule has 0 aromatic carbocycles. The molecule has 0 spiro atoms. The van der Waals surface area contributed by atoms with E-state index in [1.807, 2.05) is 0 Å². The molecule has 3 rings (SSSR count). The van der Waals surface area contributed by atoms with Gasteiger partial charge in [-0.25, -0.2) is 0 Å². The Morgan fingerprint density at radius 1 is 1.07 bits per heavy atom. The summed E-state index contributed by atoms with van der Waals surface area (Å²) in [6.07, 6.45) is -6.03. The van der Waals surface area contributed by atoms with Crippen LogP contribution in [-0.2, 0) is 18.9 Å². The first-order valence-electron chi connectivity index (χ1n) is 14.1. The van der Waals surface area contributed by atoms with Crippen molar-refractivity contribution in [3.63, 3.8) is 0 Å². The Morgan fingerprint density at radius 2 is 1.78 bits per heavy atom. The molecule has 240 valence electrons. The number of aliphatic hydroxyl groups excluding tert-OH is 5. The molecule has 15 N–H and O–H groups in total. The maximum absolute atomic E-state index is 11.5. The number of hydrogen-bond acceptors (Lipinski definition) is 16. The maximum Gasteiger partial charge on any atom is 0.215 e. The molecule has 0 amide bonds. The quantitative estimate of drug-likeness (QED) is 0.0892. The van der Waals surface area contributed by atoms with E-state index in [-0.39, 0.29) is 45.8 Å². The molecule has 3 unspecified atom stereocenters. The second kappa shape index (κ2) is 15.6. The van der Waals surface area contributed by atoms with Gasteiger partial charge in [0, 0.05) is 31.7 Å². The van der Waals surface area contributed by atoms with Crippen LogP contribution in [0.25, 0.3) is 0 Å². The van der Waals surface area contributed by atoms with Crippen LogP contribution in [-0.4, -0.2) is 156 Å². The Balaban J connectivity index is 1.72. The average Bonchev–Trinajstić information content (AvgIpc) is 2.93. The second-order valence-electron chi connectivity index (χ2n) is 11.3. The number of rotatable bonds is 14. The molecule has 16 nitrogen and oxygen atoms in total. The highest BCUT2D eigenvalue weighted by atomic mass is 16.7. The number of likely N-dealkylation sites (N-methyl/N-ethyl adjacent to an activating group) is 1. The molecule has 1 aliphatic carbocycles. The lowest BCUT2D eigenvalue weighted by Gasteiger charge is -2.49. The fraction of sp³-hybridized carbons (Fsp3) is 0.920. The van der Waals surface area contributed by atoms with Gasteiger partial charge in [0.25, 0.3) is 0 Å². The van der Waals surface area contributed by atoms with Gasteiger partial charge in [0.2, 0.25) is 6.29 Å². The maximum atomic E-state index is 11.5. The summed E-state index contributed by atoms with van der Waals surface area (Å²) < 4.78 is 23.9. The molecule has 0 aromatic heterocycles. The van der Waals surface area contributed by atoms with E-state index in [2.05, 4.69) is 16.0 Å². The number of nitrogens with one attached hydrogen (secondary N) is 3. The zero-order valence-corrected chi connectivity index (χ0v) is 23.7. The second-order valence-corrected chi connectivity index (χ2v) is 11.3. The molecular formula is C25H50N6O10. The van der Waals surface area contributed by atoms with Crippen LogP contribution in [0.4, 0.5) is 0 Å². The largest absolute Gasteiger partial charge is 0.467 e. The third kappa shape index (κ3) is 8.98. The third-order valence-corrected chi connectivity index (χ3v) is 7.75. The standard InChI is InChI=1S/C25H50N6O10/c1-25(37)11-38-24(19(36)22(25)29-2)41-21-17(31-8-12(33)6-26)5-16(28)20(18(21)35)40-23-15(27)4-3-14(39-23)9-30-7-13(34)10-32/h3,12-13,15-24,29-37H,4-11,26-28H2,1-2H3/t12?,13?,15-,16+,17-,18+,19-,20?,21+,22-,23-,24-,25+/m1/s1. The van der Waals surface area contributed by atoms with Crippen molar-refractivity contribution in [1.29, 1.82) is 0 Å². The normalized spacial score (nSPS) is 41.4. The summed E-state index contributed by atoms with van der Waals surface area (Å²) in [5.74, 6) is 0.521. The minimum Gasteiger partial charge on any atom is -0.467 e. The summed E-state index contributed by atoms with van der Waals surface area (Å²) in [5.41, 5.74) is 16.9. The fourth-order valence-corrected chi connectivity index (χ4v) is 5.37. The summed E-state index contributed by atoms with van der Waals surface area (Å²) in [6, 6.07) is -2.60. The minimum atomic E-state index is -1.36. The first-order valence-corrected chi connectivity index (χ1v) is 14.1. The first kappa shape index (κ1) is 34.4. The number of aliphatic hydroxyl groups is 6. The molecule has 16 heteroatoms. The summed E-state index contributed by atoms with van der Waals surface area (Å²) >= 11 is 0. The van der Waals surface area contributed by atoms with E-state index in [1.165, 1.54) is 6.92 Å². The van der Waals surface area contributed by atoms with Crippen molar-refractivity contribution in [1.82, 2.24) is 16.0 Å². The van der Waals surface area contributed by atoms with Gasteiger partial charge in [-0.05, 0) is 32.9 Å². The fourth-order valence-electron chi connectivity index (χ4n) is 5.37. The van der Waals surface area contributed by atoms with Crippen LogP contribution in [0.3, 0.4) is 0 Å². The molecule has 1 saturated carbocycles. The van der Waals surface area contributed by atoms with E-state index in [4.69, 9.17) is 41.3 Å². The predicted molar refractivity (Wildman–Crippen MR) is 146 cm³/mol. The Kier molecular flexibility index (Phi) is 13.1. The van der Waals surface area contributed by atoms with Crippen LogP contribution in [0.1, 0.15) is 19.8 Å². The summed E-state index contributed by atoms with van der Waals surface area (Å²) in [6.45, 7) is 1.58. The predicted octanol–water partition coefficient (Wildman–Crippen LogP) is -5.92. The SMILES string of the molecule is CN[C@@H]1[C@@H](O)[C@@H](O[C@H]2[C@H](NCC(O)CN)C[C@H](N)C(O[C@H]3OC(CNCC(O)CO)=CC[C@H]3N)[C@@H]2O)OC[C@]1(C)O. The van der Waals surface area contributed by atoms with Crippen molar-refractivity contribution in [2.24, 2.45) is 17.2 Å². The van der Waals surface area contributed by atoms with Crippen molar-refractivity contribution in [3.8, 4) is 0 Å². The van der Waals surface area contributed by atoms with Crippen LogP contribution in [0, 0.1) is 0 Å². The first-order chi connectivity index (χ1) is 19.4. The number of nitrogens with two attached hydrogens (primary N) is 3. The van der Waals surface area contributed by atoms with Crippen LogP contribution >= 0.6 is 0 Å². The molecule has 0 aromatic rings. The van der Waals surface area contributed by atoms with E-state index in [9.17, 15) is 25.5 Å². The molecular weight excluding hydrogens is 544 g/mol. The van der Waals surface area contributed by atoms with E-state index >= 15 is 0 Å². The van der Waals surface area contributed by atoms with E-state index in [0.29, 0.717) is 12.2 Å². The van der Waals surface area contributed by atoms with Crippen molar-refractivity contribution < 1.29 is 49.6 Å². The van der Waals surface area contributed by atoms with Crippen molar-refractivity contribution in [2.45, 2.75) is 98.7 Å². The van der Waals surface area contributed by atoms with Gasteiger partial charge in [-0.2, -0.15) is 0 Å². The molecule has 0 bridgehead atoms. The molecule has 2 aliphatic heterocycles. The molecule has 2 fully saturated rings. The highest BCUT2D eigenvalue weighted by Crippen LogP contribution is 2.32. The van der Waals surface area contributed by atoms with Crippen LogP contribution in [0.5, 0.6) is 0 Å². The molecule has 3 aliphatic rings. The highest BCUT2D eigenvalue weighted by molar-refractivity contribution is 5.05. The van der Waals surface area contributed by atoms with E-state index in [1.54, 1.807) is 13.1 Å².